The summed E-state index contributed by atoms with van der Waals surface area (Å²) >= 11 is 3.53. The van der Waals surface area contributed by atoms with Crippen LogP contribution >= 0.6 is 15.9 Å². The fraction of sp³-hybridized carbons (Fsp3) is 0.571. The molecule has 18 heavy (non-hydrogen) atoms. The Morgan fingerprint density at radius 3 is 2.44 bits per heavy atom. The monoisotopic (exact) mass is 310 g/mol. The average Bonchev–Trinajstić information content (AvgIpc) is 3.13. The molecule has 1 aliphatic carbocycles. The molecule has 2 N–H and O–H groups in total. The predicted molar refractivity (Wildman–Crippen MR) is 78.2 cm³/mol. The number of nitrogen functional groups attached to an aromatic ring is 1. The van der Waals surface area contributed by atoms with Crippen molar-refractivity contribution in [3.8, 4) is 5.75 Å². The van der Waals surface area contributed by atoms with Gasteiger partial charge in [-0.15, -0.1) is 0 Å². The molecule has 98 valence electrons. The van der Waals surface area contributed by atoms with Crippen molar-refractivity contribution in [1.82, 2.24) is 0 Å². The average molecular weight is 311 g/mol. The van der Waals surface area contributed by atoms with Crippen molar-refractivity contribution >= 4 is 27.3 Å². The topological polar surface area (TPSA) is 38.5 Å². The van der Waals surface area contributed by atoms with Crippen molar-refractivity contribution in [2.45, 2.75) is 25.7 Å². The number of halogens is 1. The number of anilines is 2. The summed E-state index contributed by atoms with van der Waals surface area (Å²) < 4.78 is 6.35. The van der Waals surface area contributed by atoms with E-state index in [1.54, 1.807) is 7.11 Å². The lowest BCUT2D eigenvalue weighted by Crippen LogP contribution is -2.34. The number of hydrogen-bond acceptors (Lipinski definition) is 3. The van der Waals surface area contributed by atoms with Gasteiger partial charge in [0.15, 0.2) is 0 Å². The van der Waals surface area contributed by atoms with Crippen molar-refractivity contribution in [2.24, 2.45) is 5.41 Å². The second-order valence-corrected chi connectivity index (χ2v) is 6.44. The number of benzene rings is 1. The molecule has 0 bridgehead atoms. The summed E-state index contributed by atoms with van der Waals surface area (Å²) in [7, 11) is 1.66. The largest absolute Gasteiger partial charge is 0.494 e. The van der Waals surface area contributed by atoms with Gasteiger partial charge in [0.05, 0.1) is 18.5 Å². The predicted octanol–water partition coefficient (Wildman–Crippen LogP) is 3.42. The van der Waals surface area contributed by atoms with Crippen molar-refractivity contribution in [1.29, 1.82) is 0 Å². The van der Waals surface area contributed by atoms with E-state index in [4.69, 9.17) is 10.5 Å². The van der Waals surface area contributed by atoms with Crippen LogP contribution in [0.5, 0.6) is 5.75 Å². The van der Waals surface area contributed by atoms with Crippen LogP contribution in [0.2, 0.25) is 0 Å². The molecule has 0 amide bonds. The summed E-state index contributed by atoms with van der Waals surface area (Å²) in [5.74, 6) is 0.756. The first-order valence-corrected chi connectivity index (χ1v) is 7.31. The molecule has 1 aliphatic heterocycles. The molecule has 0 unspecified atom stereocenters. The molecule has 2 fully saturated rings. The number of piperidine rings is 1. The standard InChI is InChI=1S/C14H19BrN2O/c1-18-12-9-10(15)8-11(13(12)16)17-6-4-14(2-3-14)5-7-17/h8-9H,2-7,16H2,1H3. The minimum absolute atomic E-state index is 0.696. The number of nitrogens with two attached hydrogens (primary N) is 1. The Kier molecular flexibility index (Phi) is 2.93. The van der Waals surface area contributed by atoms with Gasteiger partial charge in [0, 0.05) is 17.6 Å². The molecule has 0 aromatic heterocycles. The maximum absolute atomic E-state index is 6.19. The Labute approximate surface area is 116 Å². The summed E-state index contributed by atoms with van der Waals surface area (Å²) in [6, 6.07) is 4.02. The van der Waals surface area contributed by atoms with Crippen LogP contribution in [0.3, 0.4) is 0 Å². The minimum atomic E-state index is 0.696. The van der Waals surface area contributed by atoms with Gasteiger partial charge in [-0.05, 0) is 43.2 Å². The molecule has 1 aromatic rings. The van der Waals surface area contributed by atoms with Gasteiger partial charge in [0.25, 0.3) is 0 Å². The van der Waals surface area contributed by atoms with Crippen molar-refractivity contribution < 1.29 is 4.74 Å². The first-order valence-electron chi connectivity index (χ1n) is 6.52. The van der Waals surface area contributed by atoms with Crippen LogP contribution in [0, 0.1) is 5.41 Å². The van der Waals surface area contributed by atoms with E-state index < -0.39 is 0 Å². The third kappa shape index (κ3) is 2.07. The number of hydrogen-bond donors (Lipinski definition) is 1. The highest BCUT2D eigenvalue weighted by Gasteiger charge is 2.44. The van der Waals surface area contributed by atoms with Crippen molar-refractivity contribution in [3.05, 3.63) is 16.6 Å². The van der Waals surface area contributed by atoms with Crippen LogP contribution in [0.25, 0.3) is 0 Å². The van der Waals surface area contributed by atoms with Crippen LogP contribution in [0.15, 0.2) is 16.6 Å². The van der Waals surface area contributed by atoms with E-state index in [9.17, 15) is 0 Å². The third-order valence-corrected chi connectivity index (χ3v) is 4.88. The van der Waals surface area contributed by atoms with E-state index in [2.05, 4.69) is 26.9 Å². The summed E-state index contributed by atoms with van der Waals surface area (Å²) in [5.41, 5.74) is 8.75. The zero-order valence-corrected chi connectivity index (χ0v) is 12.3. The van der Waals surface area contributed by atoms with E-state index in [1.165, 1.54) is 25.7 Å². The lowest BCUT2D eigenvalue weighted by molar-refractivity contribution is 0.384. The number of nitrogens with zero attached hydrogens (tertiary/aromatic N) is 1. The molecule has 1 aromatic carbocycles. The van der Waals surface area contributed by atoms with Gasteiger partial charge < -0.3 is 15.4 Å². The molecule has 2 aliphatic rings. The van der Waals surface area contributed by atoms with E-state index >= 15 is 0 Å². The molecule has 3 nitrogen and oxygen atoms in total. The Bertz CT molecular complexity index is 461. The van der Waals surface area contributed by atoms with Crippen LogP contribution in [0.1, 0.15) is 25.7 Å². The lowest BCUT2D eigenvalue weighted by Gasteiger charge is -2.34. The lowest BCUT2D eigenvalue weighted by atomic mass is 9.93. The third-order valence-electron chi connectivity index (χ3n) is 4.43. The fourth-order valence-electron chi connectivity index (χ4n) is 2.91. The second-order valence-electron chi connectivity index (χ2n) is 5.53. The smallest absolute Gasteiger partial charge is 0.145 e. The summed E-state index contributed by atoms with van der Waals surface area (Å²) in [5, 5.41) is 0. The zero-order valence-electron chi connectivity index (χ0n) is 10.7. The van der Waals surface area contributed by atoms with Crippen LogP contribution in [-0.2, 0) is 0 Å². The molecule has 1 saturated heterocycles. The van der Waals surface area contributed by atoms with Gasteiger partial charge >= 0.3 is 0 Å². The SMILES string of the molecule is COc1cc(Br)cc(N2CCC3(CC2)CC3)c1N. The Balaban J connectivity index is 1.85. The maximum Gasteiger partial charge on any atom is 0.145 e. The quantitative estimate of drug-likeness (QED) is 0.851. The maximum atomic E-state index is 6.19. The van der Waals surface area contributed by atoms with Gasteiger partial charge in [-0.2, -0.15) is 0 Å². The number of ether oxygens (including phenoxy) is 1. The molecule has 1 spiro atoms. The highest BCUT2D eigenvalue weighted by Crippen LogP contribution is 2.54. The van der Waals surface area contributed by atoms with Gasteiger partial charge in [-0.1, -0.05) is 15.9 Å². The molecule has 0 atom stereocenters. The highest BCUT2D eigenvalue weighted by molar-refractivity contribution is 9.10. The first kappa shape index (κ1) is 12.2. The minimum Gasteiger partial charge on any atom is -0.494 e. The first-order chi connectivity index (χ1) is 8.63. The Morgan fingerprint density at radius 1 is 1.22 bits per heavy atom. The van der Waals surface area contributed by atoms with E-state index in [0.29, 0.717) is 5.41 Å². The highest BCUT2D eigenvalue weighted by atomic mass is 79.9. The van der Waals surface area contributed by atoms with E-state index in [1.807, 2.05) is 6.07 Å². The Hall–Kier alpha value is -0.900. The summed E-state index contributed by atoms with van der Waals surface area (Å²) in [4.78, 5) is 2.40. The molecule has 0 radical (unpaired) electrons. The number of rotatable bonds is 2. The summed E-state index contributed by atoms with van der Waals surface area (Å²) in [6.45, 7) is 2.23. The molecule has 4 heteroatoms. The van der Waals surface area contributed by atoms with Crippen LogP contribution < -0.4 is 15.4 Å². The molecule has 1 saturated carbocycles. The van der Waals surface area contributed by atoms with Crippen LogP contribution in [0.4, 0.5) is 11.4 Å². The van der Waals surface area contributed by atoms with Gasteiger partial charge in [0.1, 0.15) is 5.75 Å². The van der Waals surface area contributed by atoms with Crippen molar-refractivity contribution in [2.75, 3.05) is 30.8 Å². The van der Waals surface area contributed by atoms with Gasteiger partial charge in [-0.25, -0.2) is 0 Å². The van der Waals surface area contributed by atoms with E-state index in [0.717, 1.165) is 34.7 Å². The second kappa shape index (κ2) is 4.34. The van der Waals surface area contributed by atoms with E-state index in [-0.39, 0.29) is 0 Å². The van der Waals surface area contributed by atoms with Gasteiger partial charge in [-0.3, -0.25) is 0 Å². The normalized spacial score (nSPS) is 21.1. The molecule has 3 rings (SSSR count). The fourth-order valence-corrected chi connectivity index (χ4v) is 3.33. The molecule has 1 heterocycles. The Morgan fingerprint density at radius 2 is 1.89 bits per heavy atom. The molecular weight excluding hydrogens is 292 g/mol. The number of methoxy groups -OCH3 is 1. The van der Waals surface area contributed by atoms with Crippen LogP contribution in [-0.4, -0.2) is 20.2 Å². The molecular formula is C14H19BrN2O. The zero-order chi connectivity index (χ0) is 12.8. The van der Waals surface area contributed by atoms with Gasteiger partial charge in [0.2, 0.25) is 0 Å². The van der Waals surface area contributed by atoms with Crippen molar-refractivity contribution in [3.63, 3.8) is 0 Å². The summed E-state index contributed by atoms with van der Waals surface area (Å²) in [6.07, 6.45) is 5.47.